The normalized spacial score (nSPS) is 11.8. The van der Waals surface area contributed by atoms with E-state index in [4.69, 9.17) is 21.1 Å². The van der Waals surface area contributed by atoms with Gasteiger partial charge in [0.05, 0.1) is 7.11 Å². The zero-order chi connectivity index (χ0) is 23.0. The first-order valence-electron chi connectivity index (χ1n) is 10.0. The third-order valence-electron chi connectivity index (χ3n) is 4.57. The molecule has 0 heterocycles. The van der Waals surface area contributed by atoms with Gasteiger partial charge < -0.3 is 25.2 Å². The fourth-order valence-corrected chi connectivity index (χ4v) is 3.16. The molecule has 0 aromatic heterocycles. The van der Waals surface area contributed by atoms with Crippen LogP contribution in [-0.4, -0.2) is 36.7 Å². The lowest BCUT2D eigenvalue weighted by molar-refractivity contribution is -0.140. The number of hydrogen-bond donors (Lipinski definition) is 3. The van der Waals surface area contributed by atoms with Gasteiger partial charge in [-0.2, -0.15) is 0 Å². The fourth-order valence-electron chi connectivity index (χ4n) is 2.94. The summed E-state index contributed by atoms with van der Waals surface area (Å²) >= 11 is 6.36. The molecule has 0 aliphatic heterocycles. The first kappa shape index (κ1) is 24.5. The zero-order valence-electron chi connectivity index (χ0n) is 18.2. The summed E-state index contributed by atoms with van der Waals surface area (Å²) in [5.41, 5.74) is 2.45. The topological polar surface area (TPSA) is 96.9 Å². The van der Waals surface area contributed by atoms with E-state index in [-0.39, 0.29) is 25.0 Å². The first-order chi connectivity index (χ1) is 14.7. The molecule has 0 spiro atoms. The van der Waals surface area contributed by atoms with Gasteiger partial charge in [0.1, 0.15) is 6.04 Å². The molecular weight excluding hydrogens is 420 g/mol. The third-order valence-corrected chi connectivity index (χ3v) is 4.92. The monoisotopic (exact) mass is 448 g/mol. The number of methoxy groups -OCH3 is 1. The molecule has 0 bridgehead atoms. The van der Waals surface area contributed by atoms with Gasteiger partial charge in [-0.3, -0.25) is 9.59 Å². The maximum atomic E-state index is 12.2. The minimum absolute atomic E-state index is 0.215. The van der Waals surface area contributed by atoms with Gasteiger partial charge in [-0.25, -0.2) is 0 Å². The van der Waals surface area contributed by atoms with Crippen LogP contribution in [0.2, 0.25) is 5.02 Å². The molecule has 0 aliphatic rings. The Labute approximate surface area is 187 Å². The number of carbonyl (C=O) groups is 2. The van der Waals surface area contributed by atoms with Gasteiger partial charge >= 0.3 is 5.97 Å². The highest BCUT2D eigenvalue weighted by Gasteiger charge is 2.19. The number of aliphatic carboxylic acids is 1. The predicted octanol–water partition coefficient (Wildman–Crippen LogP) is 4.26. The van der Waals surface area contributed by atoms with Gasteiger partial charge in [0.25, 0.3) is 5.91 Å². The van der Waals surface area contributed by atoms with E-state index in [0.717, 1.165) is 5.56 Å². The number of carboxylic acids is 1. The van der Waals surface area contributed by atoms with E-state index < -0.39 is 12.0 Å². The van der Waals surface area contributed by atoms with Crippen molar-refractivity contribution in [1.29, 1.82) is 0 Å². The van der Waals surface area contributed by atoms with Crippen molar-refractivity contribution < 1.29 is 24.2 Å². The number of nitrogens with one attached hydrogen (secondary N) is 2. The van der Waals surface area contributed by atoms with Crippen LogP contribution in [0.25, 0.3) is 0 Å². The number of amides is 1. The highest BCUT2D eigenvalue weighted by molar-refractivity contribution is 6.31. The summed E-state index contributed by atoms with van der Waals surface area (Å²) in [5, 5.41) is 15.5. The van der Waals surface area contributed by atoms with Crippen LogP contribution in [0.1, 0.15) is 31.4 Å². The molecule has 1 unspecified atom stereocenters. The number of halogens is 1. The second-order valence-corrected chi connectivity index (χ2v) is 8.11. The molecule has 3 N–H and O–H groups in total. The number of benzene rings is 2. The molecule has 0 aliphatic carbocycles. The molecule has 0 radical (unpaired) electrons. The van der Waals surface area contributed by atoms with Crippen molar-refractivity contribution in [2.45, 2.75) is 39.8 Å². The summed E-state index contributed by atoms with van der Waals surface area (Å²) in [4.78, 5) is 23.6. The minimum atomic E-state index is -0.906. The molecule has 1 amide bonds. The second-order valence-electron chi connectivity index (χ2n) is 7.70. The Morgan fingerprint density at radius 2 is 1.81 bits per heavy atom. The van der Waals surface area contributed by atoms with Crippen LogP contribution in [-0.2, 0) is 16.1 Å². The van der Waals surface area contributed by atoms with Gasteiger partial charge in [0, 0.05) is 23.3 Å². The molecule has 0 saturated carbocycles. The average Bonchev–Trinajstić information content (AvgIpc) is 2.71. The summed E-state index contributed by atoms with van der Waals surface area (Å²) < 4.78 is 11.0. The van der Waals surface area contributed by atoms with Gasteiger partial charge in [-0.05, 0) is 43.0 Å². The van der Waals surface area contributed by atoms with Crippen LogP contribution in [0.4, 0.5) is 5.69 Å². The van der Waals surface area contributed by atoms with Crippen LogP contribution in [0, 0.1) is 12.8 Å². The summed E-state index contributed by atoms with van der Waals surface area (Å²) in [6.07, 6.45) is 0.501. The van der Waals surface area contributed by atoms with Crippen molar-refractivity contribution in [2.24, 2.45) is 5.92 Å². The standard InChI is InChI=1S/C23H29ClN2O5/c1-14(2)9-19(23(28)29)25-12-16-10-20(30-4)21(11-18(16)24)31-13-22(27)26-17-7-5-15(3)6-8-17/h5-8,10-11,14,19,25H,9,12-13H2,1-4H3,(H,26,27)(H,28,29). The highest BCUT2D eigenvalue weighted by atomic mass is 35.5. The van der Waals surface area contributed by atoms with Crippen LogP contribution >= 0.6 is 11.6 Å². The maximum absolute atomic E-state index is 12.2. The molecule has 2 rings (SSSR count). The Kier molecular flexibility index (Phi) is 9.15. The average molecular weight is 449 g/mol. The van der Waals surface area contributed by atoms with E-state index in [1.54, 1.807) is 12.1 Å². The van der Waals surface area contributed by atoms with E-state index in [9.17, 15) is 14.7 Å². The molecule has 0 saturated heterocycles. The molecule has 2 aromatic rings. The lowest BCUT2D eigenvalue weighted by Gasteiger charge is -2.18. The molecular formula is C23H29ClN2O5. The van der Waals surface area contributed by atoms with Crippen LogP contribution < -0.4 is 20.1 Å². The molecule has 168 valence electrons. The number of anilines is 1. The Bertz CT molecular complexity index is 900. The number of carbonyl (C=O) groups excluding carboxylic acids is 1. The molecule has 31 heavy (non-hydrogen) atoms. The second kappa shape index (κ2) is 11.6. The van der Waals surface area contributed by atoms with Crippen LogP contribution in [0.15, 0.2) is 36.4 Å². The lowest BCUT2D eigenvalue weighted by atomic mass is 10.0. The predicted molar refractivity (Wildman–Crippen MR) is 121 cm³/mol. The maximum Gasteiger partial charge on any atom is 0.320 e. The van der Waals surface area contributed by atoms with E-state index in [1.165, 1.54) is 7.11 Å². The summed E-state index contributed by atoms with van der Waals surface area (Å²) in [7, 11) is 1.48. The smallest absolute Gasteiger partial charge is 0.320 e. The molecule has 7 nitrogen and oxygen atoms in total. The van der Waals surface area contributed by atoms with Crippen molar-refractivity contribution in [3.63, 3.8) is 0 Å². The van der Waals surface area contributed by atoms with E-state index in [1.807, 2.05) is 45.0 Å². The number of hydrogen-bond acceptors (Lipinski definition) is 5. The largest absolute Gasteiger partial charge is 0.493 e. The van der Waals surface area contributed by atoms with Gasteiger partial charge in [0.2, 0.25) is 0 Å². The number of ether oxygens (including phenoxy) is 2. The van der Waals surface area contributed by atoms with E-state index in [2.05, 4.69) is 10.6 Å². The highest BCUT2D eigenvalue weighted by Crippen LogP contribution is 2.33. The van der Waals surface area contributed by atoms with Crippen molar-refractivity contribution in [3.05, 3.63) is 52.5 Å². The molecule has 1 atom stereocenters. The summed E-state index contributed by atoms with van der Waals surface area (Å²) in [6, 6.07) is 10.0. The van der Waals surface area contributed by atoms with Crippen molar-refractivity contribution >= 4 is 29.2 Å². The van der Waals surface area contributed by atoms with Crippen molar-refractivity contribution in [1.82, 2.24) is 5.32 Å². The molecule has 8 heteroatoms. The molecule has 0 fully saturated rings. The number of rotatable bonds is 11. The molecule has 2 aromatic carbocycles. The van der Waals surface area contributed by atoms with Crippen LogP contribution in [0.3, 0.4) is 0 Å². The fraction of sp³-hybridized carbons (Fsp3) is 0.391. The number of aryl methyl sites for hydroxylation is 1. The van der Waals surface area contributed by atoms with Crippen LogP contribution in [0.5, 0.6) is 11.5 Å². The zero-order valence-corrected chi connectivity index (χ0v) is 19.0. The van der Waals surface area contributed by atoms with E-state index in [0.29, 0.717) is 34.2 Å². The summed E-state index contributed by atoms with van der Waals surface area (Å²) in [6.45, 7) is 5.94. The SMILES string of the molecule is COc1cc(CNC(CC(C)C)C(=O)O)c(Cl)cc1OCC(=O)Nc1ccc(C)cc1. The third kappa shape index (κ3) is 7.77. The lowest BCUT2D eigenvalue weighted by Crippen LogP contribution is -2.37. The Morgan fingerprint density at radius 3 is 2.39 bits per heavy atom. The van der Waals surface area contributed by atoms with Gasteiger partial charge in [0.15, 0.2) is 18.1 Å². The van der Waals surface area contributed by atoms with Gasteiger partial charge in [-0.1, -0.05) is 43.1 Å². The quantitative estimate of drug-likeness (QED) is 0.475. The Morgan fingerprint density at radius 1 is 1.13 bits per heavy atom. The first-order valence-corrected chi connectivity index (χ1v) is 10.4. The van der Waals surface area contributed by atoms with Gasteiger partial charge in [-0.15, -0.1) is 0 Å². The summed E-state index contributed by atoms with van der Waals surface area (Å²) in [5.74, 6) is -0.255. The Hall–Kier alpha value is -2.77. The number of carboxylic acid groups (broad SMARTS) is 1. The van der Waals surface area contributed by atoms with Crippen molar-refractivity contribution in [3.8, 4) is 11.5 Å². The minimum Gasteiger partial charge on any atom is -0.493 e. The van der Waals surface area contributed by atoms with E-state index >= 15 is 0 Å². The Balaban J connectivity index is 2.01. The van der Waals surface area contributed by atoms with Crippen molar-refractivity contribution in [2.75, 3.05) is 19.0 Å².